The van der Waals surface area contributed by atoms with Crippen LogP contribution in [0.2, 0.25) is 0 Å². The largest absolute Gasteiger partial charge is 0.370 e. The smallest absolute Gasteiger partial charge is 0.250 e. The van der Waals surface area contributed by atoms with Crippen molar-refractivity contribution in [2.45, 2.75) is 20.8 Å². The van der Waals surface area contributed by atoms with E-state index in [2.05, 4.69) is 10.6 Å². The van der Waals surface area contributed by atoms with Crippen molar-refractivity contribution in [1.29, 1.82) is 0 Å². The molecule has 1 aromatic rings. The second-order valence-electron chi connectivity index (χ2n) is 5.67. The van der Waals surface area contributed by atoms with Gasteiger partial charge in [0.15, 0.2) is 0 Å². The molecule has 0 radical (unpaired) electrons. The van der Waals surface area contributed by atoms with Gasteiger partial charge in [-0.15, -0.1) is 0 Å². The highest BCUT2D eigenvalue weighted by molar-refractivity contribution is 5.96. The number of anilines is 2. The monoisotopic (exact) mass is 293 g/mol. The van der Waals surface area contributed by atoms with E-state index in [0.29, 0.717) is 24.5 Å². The molecule has 0 atom stereocenters. The van der Waals surface area contributed by atoms with Gasteiger partial charge in [0.25, 0.3) is 0 Å². The Morgan fingerprint density at radius 3 is 2.38 bits per heavy atom. The fourth-order valence-electron chi connectivity index (χ4n) is 1.44. The zero-order valence-corrected chi connectivity index (χ0v) is 12.7. The Kier molecular flexibility index (Phi) is 6.33. The van der Waals surface area contributed by atoms with Crippen molar-refractivity contribution in [3.05, 3.63) is 24.3 Å². The number of carbonyl (C=O) groups is 2. The molecule has 0 aliphatic carbocycles. The molecule has 116 valence electrons. The van der Waals surface area contributed by atoms with E-state index in [4.69, 9.17) is 10.5 Å². The first kappa shape index (κ1) is 17.1. The average Bonchev–Trinajstić information content (AvgIpc) is 2.38. The first-order valence-corrected chi connectivity index (χ1v) is 6.82. The molecule has 0 heterocycles. The van der Waals surface area contributed by atoms with Crippen molar-refractivity contribution in [3.63, 3.8) is 0 Å². The van der Waals surface area contributed by atoms with E-state index in [1.807, 2.05) is 20.8 Å². The molecule has 0 spiro atoms. The van der Waals surface area contributed by atoms with Gasteiger partial charge in [-0.05, 0) is 18.2 Å². The first-order valence-electron chi connectivity index (χ1n) is 6.82. The van der Waals surface area contributed by atoms with Crippen LogP contribution < -0.4 is 16.4 Å². The van der Waals surface area contributed by atoms with Gasteiger partial charge in [-0.25, -0.2) is 0 Å². The van der Waals surface area contributed by atoms with Gasteiger partial charge < -0.3 is 21.1 Å². The van der Waals surface area contributed by atoms with E-state index in [9.17, 15) is 9.59 Å². The molecule has 0 saturated carbocycles. The summed E-state index contributed by atoms with van der Waals surface area (Å²) in [6.07, 6.45) is 0. The Balaban J connectivity index is 2.60. The number of hydrogen-bond acceptors (Lipinski definition) is 4. The van der Waals surface area contributed by atoms with Gasteiger partial charge >= 0.3 is 0 Å². The van der Waals surface area contributed by atoms with E-state index in [-0.39, 0.29) is 18.4 Å². The number of carbonyl (C=O) groups excluding carboxylic acids is 2. The Morgan fingerprint density at radius 2 is 1.81 bits per heavy atom. The fourth-order valence-corrected chi connectivity index (χ4v) is 1.44. The molecule has 0 unspecified atom stereocenters. The lowest BCUT2D eigenvalue weighted by molar-refractivity contribution is -0.123. The summed E-state index contributed by atoms with van der Waals surface area (Å²) in [5, 5.41) is 5.51. The van der Waals surface area contributed by atoms with Crippen LogP contribution in [0.25, 0.3) is 0 Å². The summed E-state index contributed by atoms with van der Waals surface area (Å²) in [5.41, 5.74) is 6.03. The minimum Gasteiger partial charge on any atom is -0.370 e. The Hall–Kier alpha value is -1.92. The molecule has 1 aromatic carbocycles. The molecule has 4 N–H and O–H groups in total. The van der Waals surface area contributed by atoms with Gasteiger partial charge in [0.05, 0.1) is 6.61 Å². The van der Waals surface area contributed by atoms with Crippen molar-refractivity contribution in [3.8, 4) is 0 Å². The quantitative estimate of drug-likeness (QED) is 0.694. The van der Waals surface area contributed by atoms with Crippen LogP contribution in [0.3, 0.4) is 0 Å². The third-order valence-electron chi connectivity index (χ3n) is 2.58. The molecule has 21 heavy (non-hydrogen) atoms. The van der Waals surface area contributed by atoms with Gasteiger partial charge in [-0.1, -0.05) is 26.8 Å². The van der Waals surface area contributed by atoms with Gasteiger partial charge in [-0.3, -0.25) is 9.59 Å². The normalized spacial score (nSPS) is 11.0. The van der Waals surface area contributed by atoms with E-state index in [1.165, 1.54) is 0 Å². The topological polar surface area (TPSA) is 93.5 Å². The molecule has 6 heteroatoms. The molecular weight excluding hydrogens is 270 g/mol. The molecule has 2 amide bonds. The Bertz CT molecular complexity index is 495. The van der Waals surface area contributed by atoms with E-state index >= 15 is 0 Å². The van der Waals surface area contributed by atoms with Crippen LogP contribution in [0.15, 0.2) is 24.3 Å². The number of ether oxygens (including phenoxy) is 1. The number of amides is 2. The zero-order valence-electron chi connectivity index (χ0n) is 12.7. The standard InChI is InChI=1S/C15H23N3O3/c1-15(2,3)14(20)18-12-6-4-5-11(9-12)17-13(19)10-21-8-7-16/h4-6,9H,7-8,10,16H2,1-3H3,(H,17,19)(H,18,20). The minimum absolute atomic E-state index is 0.0459. The third-order valence-corrected chi connectivity index (χ3v) is 2.58. The highest BCUT2D eigenvalue weighted by atomic mass is 16.5. The summed E-state index contributed by atoms with van der Waals surface area (Å²) in [6, 6.07) is 6.97. The van der Waals surface area contributed by atoms with E-state index in [1.54, 1.807) is 24.3 Å². The predicted molar refractivity (Wildman–Crippen MR) is 83.0 cm³/mol. The number of nitrogens with two attached hydrogens (primary N) is 1. The first-order chi connectivity index (χ1) is 9.82. The summed E-state index contributed by atoms with van der Waals surface area (Å²) in [5.74, 6) is -0.347. The van der Waals surface area contributed by atoms with Crippen LogP contribution in [0, 0.1) is 5.41 Å². The van der Waals surface area contributed by atoms with E-state index < -0.39 is 5.41 Å². The summed E-state index contributed by atoms with van der Waals surface area (Å²) >= 11 is 0. The molecule has 1 rings (SSSR count). The van der Waals surface area contributed by atoms with Crippen molar-refractivity contribution >= 4 is 23.2 Å². The SMILES string of the molecule is CC(C)(C)C(=O)Nc1cccc(NC(=O)COCCN)c1. The van der Waals surface area contributed by atoms with Crippen molar-refractivity contribution < 1.29 is 14.3 Å². The van der Waals surface area contributed by atoms with Crippen LogP contribution in [0.1, 0.15) is 20.8 Å². The van der Waals surface area contributed by atoms with E-state index in [0.717, 1.165) is 0 Å². The molecule has 0 aliphatic rings. The lowest BCUT2D eigenvalue weighted by Gasteiger charge is -2.18. The lowest BCUT2D eigenvalue weighted by Crippen LogP contribution is -2.27. The fraction of sp³-hybridized carbons (Fsp3) is 0.467. The van der Waals surface area contributed by atoms with Crippen LogP contribution in [-0.4, -0.2) is 31.6 Å². The molecule has 0 saturated heterocycles. The average molecular weight is 293 g/mol. The lowest BCUT2D eigenvalue weighted by atomic mass is 9.95. The maximum atomic E-state index is 11.9. The van der Waals surface area contributed by atoms with Crippen molar-refractivity contribution in [1.82, 2.24) is 0 Å². The highest BCUT2D eigenvalue weighted by Crippen LogP contribution is 2.19. The molecule has 0 fully saturated rings. The van der Waals surface area contributed by atoms with Crippen molar-refractivity contribution in [2.75, 3.05) is 30.4 Å². The summed E-state index contributed by atoms with van der Waals surface area (Å²) in [7, 11) is 0. The van der Waals surface area contributed by atoms with Crippen LogP contribution >= 0.6 is 0 Å². The molecule has 0 bridgehead atoms. The maximum absolute atomic E-state index is 11.9. The van der Waals surface area contributed by atoms with Gasteiger partial charge in [0.1, 0.15) is 6.61 Å². The van der Waals surface area contributed by atoms with Gasteiger partial charge in [0, 0.05) is 23.3 Å². The number of nitrogens with one attached hydrogen (secondary N) is 2. The van der Waals surface area contributed by atoms with Crippen molar-refractivity contribution in [2.24, 2.45) is 11.1 Å². The second kappa shape index (κ2) is 7.75. The maximum Gasteiger partial charge on any atom is 0.250 e. The summed E-state index contributed by atoms with van der Waals surface area (Å²) < 4.78 is 5.05. The predicted octanol–water partition coefficient (Wildman–Crippen LogP) is 1.58. The number of hydrogen-bond donors (Lipinski definition) is 3. The van der Waals surface area contributed by atoms with Crippen LogP contribution in [0.4, 0.5) is 11.4 Å². The van der Waals surface area contributed by atoms with Crippen LogP contribution in [-0.2, 0) is 14.3 Å². The Morgan fingerprint density at radius 1 is 1.19 bits per heavy atom. The molecular formula is C15H23N3O3. The number of benzene rings is 1. The third kappa shape index (κ3) is 6.37. The summed E-state index contributed by atoms with van der Waals surface area (Å²) in [4.78, 5) is 23.5. The molecule has 0 aromatic heterocycles. The molecule has 0 aliphatic heterocycles. The number of rotatable bonds is 6. The molecule has 6 nitrogen and oxygen atoms in total. The minimum atomic E-state index is -0.477. The zero-order chi connectivity index (χ0) is 15.9. The van der Waals surface area contributed by atoms with Gasteiger partial charge in [-0.2, -0.15) is 0 Å². The van der Waals surface area contributed by atoms with Gasteiger partial charge in [0.2, 0.25) is 11.8 Å². The second-order valence-corrected chi connectivity index (χ2v) is 5.67. The summed E-state index contributed by atoms with van der Waals surface area (Å²) in [6.45, 7) is 6.18. The highest BCUT2D eigenvalue weighted by Gasteiger charge is 2.21. The van der Waals surface area contributed by atoms with Crippen LogP contribution in [0.5, 0.6) is 0 Å². The Labute approximate surface area is 125 Å².